The number of nitrogens with one attached hydrogen (secondary N) is 1. The Bertz CT molecular complexity index is 784. The molecule has 0 saturated heterocycles. The molecule has 0 spiro atoms. The molecule has 118 valence electrons. The summed E-state index contributed by atoms with van der Waals surface area (Å²) in [6.07, 6.45) is 3.95. The molecule has 7 heteroatoms. The largest absolute Gasteiger partial charge is 0.350 e. The Morgan fingerprint density at radius 2 is 2.13 bits per heavy atom. The monoisotopic (exact) mass is 390 g/mol. The molecule has 0 aliphatic rings. The lowest BCUT2D eigenvalue weighted by Crippen LogP contribution is -2.24. The summed E-state index contributed by atoms with van der Waals surface area (Å²) in [7, 11) is 0. The first-order valence-electron chi connectivity index (χ1n) is 7.15. The molecule has 0 bridgehead atoms. The Hall–Kier alpha value is -1.99. The van der Waals surface area contributed by atoms with Crippen LogP contribution in [0.1, 0.15) is 12.1 Å². The molecule has 0 atom stereocenters. The van der Waals surface area contributed by atoms with E-state index in [1.54, 1.807) is 22.2 Å². The molecular formula is C16H15BrN4OS. The average Bonchev–Trinajstić information content (AvgIpc) is 3.21. The van der Waals surface area contributed by atoms with E-state index in [1.165, 1.54) is 0 Å². The third-order valence-electron chi connectivity index (χ3n) is 3.21. The second-order valence-corrected chi connectivity index (χ2v) is 6.73. The molecule has 3 aromatic rings. The van der Waals surface area contributed by atoms with Crippen LogP contribution in [0.25, 0.3) is 10.6 Å². The van der Waals surface area contributed by atoms with Gasteiger partial charge in [-0.15, -0.1) is 11.3 Å². The number of nitrogens with zero attached hydrogens (tertiary/aromatic N) is 3. The van der Waals surface area contributed by atoms with E-state index in [4.69, 9.17) is 0 Å². The topological polar surface area (TPSA) is 59.8 Å². The molecule has 5 nitrogen and oxygen atoms in total. The summed E-state index contributed by atoms with van der Waals surface area (Å²) in [5.74, 6) is -0.00844. The highest BCUT2D eigenvalue weighted by Gasteiger charge is 2.07. The standard InChI is InChI=1S/C16H15BrN4OS/c17-13-8-19-21(10-13)7-6-15(22)18-9-14-11-23-16(20-14)12-4-2-1-3-5-12/h1-5,8,10-11H,6-7,9H2,(H,18,22). The molecular weight excluding hydrogens is 376 g/mol. The first-order chi connectivity index (χ1) is 11.2. The molecule has 3 rings (SSSR count). The van der Waals surface area contributed by atoms with Gasteiger partial charge in [0.25, 0.3) is 0 Å². The van der Waals surface area contributed by atoms with Gasteiger partial charge in [0, 0.05) is 30.1 Å². The number of thiazole rings is 1. The lowest BCUT2D eigenvalue weighted by molar-refractivity contribution is -0.121. The number of carbonyl (C=O) groups is 1. The molecule has 0 aliphatic carbocycles. The van der Waals surface area contributed by atoms with Crippen molar-refractivity contribution >= 4 is 33.2 Å². The maximum Gasteiger partial charge on any atom is 0.222 e. The van der Waals surface area contributed by atoms with Gasteiger partial charge < -0.3 is 5.32 Å². The number of hydrogen-bond donors (Lipinski definition) is 1. The van der Waals surface area contributed by atoms with Gasteiger partial charge in [0.2, 0.25) is 5.91 Å². The summed E-state index contributed by atoms with van der Waals surface area (Å²) < 4.78 is 2.65. The van der Waals surface area contributed by atoms with Crippen molar-refractivity contribution in [1.29, 1.82) is 0 Å². The van der Waals surface area contributed by atoms with Crippen LogP contribution >= 0.6 is 27.3 Å². The van der Waals surface area contributed by atoms with Crippen molar-refractivity contribution in [2.24, 2.45) is 0 Å². The van der Waals surface area contributed by atoms with Gasteiger partial charge in [0.1, 0.15) is 5.01 Å². The fraction of sp³-hybridized carbons (Fsp3) is 0.188. The zero-order valence-corrected chi connectivity index (χ0v) is 14.7. The minimum Gasteiger partial charge on any atom is -0.350 e. The number of aromatic nitrogens is 3. The summed E-state index contributed by atoms with van der Waals surface area (Å²) in [4.78, 5) is 16.4. The third kappa shape index (κ3) is 4.49. The van der Waals surface area contributed by atoms with Crippen molar-refractivity contribution < 1.29 is 4.79 Å². The minimum atomic E-state index is -0.00844. The maximum atomic E-state index is 11.9. The van der Waals surface area contributed by atoms with Crippen LogP contribution in [0.5, 0.6) is 0 Å². The fourth-order valence-corrected chi connectivity index (χ4v) is 3.21. The van der Waals surface area contributed by atoms with E-state index in [2.05, 4.69) is 31.3 Å². The molecule has 0 saturated carbocycles. The molecule has 0 unspecified atom stereocenters. The van der Waals surface area contributed by atoms with Crippen molar-refractivity contribution in [1.82, 2.24) is 20.1 Å². The van der Waals surface area contributed by atoms with E-state index < -0.39 is 0 Å². The van der Waals surface area contributed by atoms with Crippen molar-refractivity contribution in [2.75, 3.05) is 0 Å². The van der Waals surface area contributed by atoms with Gasteiger partial charge >= 0.3 is 0 Å². The number of aryl methyl sites for hydroxylation is 1. The van der Waals surface area contributed by atoms with Crippen LogP contribution in [-0.4, -0.2) is 20.7 Å². The minimum absolute atomic E-state index is 0.00844. The Morgan fingerprint density at radius 1 is 1.30 bits per heavy atom. The summed E-state index contributed by atoms with van der Waals surface area (Å²) in [5.41, 5.74) is 1.98. The highest BCUT2D eigenvalue weighted by Crippen LogP contribution is 2.23. The second-order valence-electron chi connectivity index (χ2n) is 4.96. The summed E-state index contributed by atoms with van der Waals surface area (Å²) in [6, 6.07) is 10.0. The number of rotatable bonds is 6. The molecule has 1 aromatic carbocycles. The first kappa shape index (κ1) is 15.9. The van der Waals surface area contributed by atoms with Crippen LogP contribution in [0.3, 0.4) is 0 Å². The fourth-order valence-electron chi connectivity index (χ4n) is 2.06. The van der Waals surface area contributed by atoms with Crippen molar-refractivity contribution in [3.63, 3.8) is 0 Å². The van der Waals surface area contributed by atoms with Gasteiger partial charge in [0.15, 0.2) is 0 Å². The molecule has 23 heavy (non-hydrogen) atoms. The van der Waals surface area contributed by atoms with Crippen molar-refractivity contribution in [3.05, 3.63) is 58.3 Å². The normalized spacial score (nSPS) is 10.7. The van der Waals surface area contributed by atoms with Crippen LogP contribution in [0.4, 0.5) is 0 Å². The number of amides is 1. The van der Waals surface area contributed by atoms with E-state index >= 15 is 0 Å². The zero-order valence-electron chi connectivity index (χ0n) is 12.3. The summed E-state index contributed by atoms with van der Waals surface area (Å²) in [5, 5.41) is 9.96. The van der Waals surface area contributed by atoms with Gasteiger partial charge in [-0.2, -0.15) is 5.10 Å². The number of carbonyl (C=O) groups excluding carboxylic acids is 1. The predicted molar refractivity (Wildman–Crippen MR) is 93.9 cm³/mol. The van der Waals surface area contributed by atoms with Crippen LogP contribution in [-0.2, 0) is 17.9 Å². The van der Waals surface area contributed by atoms with E-state index in [1.807, 2.05) is 41.9 Å². The summed E-state index contributed by atoms with van der Waals surface area (Å²) in [6.45, 7) is 1.01. The van der Waals surface area contributed by atoms with E-state index in [9.17, 15) is 4.79 Å². The SMILES string of the molecule is O=C(CCn1cc(Br)cn1)NCc1csc(-c2ccccc2)n1. The van der Waals surface area contributed by atoms with Gasteiger partial charge in [-0.25, -0.2) is 4.98 Å². The number of hydrogen-bond acceptors (Lipinski definition) is 4. The van der Waals surface area contributed by atoms with Crippen LogP contribution < -0.4 is 5.32 Å². The van der Waals surface area contributed by atoms with Crippen molar-refractivity contribution in [2.45, 2.75) is 19.5 Å². The van der Waals surface area contributed by atoms with E-state index in [0.29, 0.717) is 19.5 Å². The van der Waals surface area contributed by atoms with Gasteiger partial charge in [-0.05, 0) is 15.9 Å². The first-order valence-corrected chi connectivity index (χ1v) is 8.82. The second kappa shape index (κ2) is 7.52. The molecule has 0 fully saturated rings. The maximum absolute atomic E-state index is 11.9. The molecule has 2 heterocycles. The van der Waals surface area contributed by atoms with Gasteiger partial charge in [-0.3, -0.25) is 9.48 Å². The van der Waals surface area contributed by atoms with Gasteiger partial charge in [0.05, 0.1) is 22.9 Å². The van der Waals surface area contributed by atoms with Crippen LogP contribution in [0.2, 0.25) is 0 Å². The number of benzene rings is 1. The Balaban J connectivity index is 1.48. The van der Waals surface area contributed by atoms with E-state index in [0.717, 1.165) is 20.7 Å². The third-order valence-corrected chi connectivity index (χ3v) is 4.56. The summed E-state index contributed by atoms with van der Waals surface area (Å²) >= 11 is 4.92. The smallest absolute Gasteiger partial charge is 0.222 e. The molecule has 1 amide bonds. The molecule has 2 aromatic heterocycles. The number of halogens is 1. The van der Waals surface area contributed by atoms with Crippen molar-refractivity contribution in [3.8, 4) is 10.6 Å². The quantitative estimate of drug-likeness (QED) is 0.700. The molecule has 0 aliphatic heterocycles. The highest BCUT2D eigenvalue weighted by molar-refractivity contribution is 9.10. The van der Waals surface area contributed by atoms with Gasteiger partial charge in [-0.1, -0.05) is 30.3 Å². The van der Waals surface area contributed by atoms with Crippen LogP contribution in [0.15, 0.2) is 52.6 Å². The highest BCUT2D eigenvalue weighted by atomic mass is 79.9. The lowest BCUT2D eigenvalue weighted by atomic mass is 10.2. The zero-order chi connectivity index (χ0) is 16.1. The Morgan fingerprint density at radius 3 is 2.87 bits per heavy atom. The van der Waals surface area contributed by atoms with Crippen LogP contribution in [0, 0.1) is 0 Å². The molecule has 1 N–H and O–H groups in total. The Kier molecular flexibility index (Phi) is 5.19. The Labute approximate surface area is 146 Å². The van der Waals surface area contributed by atoms with E-state index in [-0.39, 0.29) is 5.91 Å². The lowest BCUT2D eigenvalue weighted by Gasteiger charge is -2.03. The predicted octanol–water partition coefficient (Wildman–Crippen LogP) is 3.48. The molecule has 0 radical (unpaired) electrons. The average molecular weight is 391 g/mol.